The van der Waals surface area contributed by atoms with Gasteiger partial charge in [-0.3, -0.25) is 14.5 Å². The van der Waals surface area contributed by atoms with Crippen LogP contribution in [0.1, 0.15) is 23.5 Å². The lowest BCUT2D eigenvalue weighted by Gasteiger charge is -2.37. The second-order valence-electron chi connectivity index (χ2n) is 7.28. The Kier molecular flexibility index (Phi) is 4.92. The molecule has 0 radical (unpaired) electrons. The molecule has 6 heteroatoms. The SMILES string of the molecule is Cc1ccc(CN2CC[C@@H](N3CCOCC3)[C@H]2Cc2cnn(C)c2)o1. The van der Waals surface area contributed by atoms with Crippen LogP contribution >= 0.6 is 0 Å². The molecule has 2 atom stereocenters. The zero-order chi connectivity index (χ0) is 17.2. The smallest absolute Gasteiger partial charge is 0.118 e. The fraction of sp³-hybridized carbons (Fsp3) is 0.632. The van der Waals surface area contributed by atoms with Gasteiger partial charge in [0.1, 0.15) is 11.5 Å². The second kappa shape index (κ2) is 7.32. The highest BCUT2D eigenvalue weighted by Gasteiger charge is 2.38. The molecule has 0 aliphatic carbocycles. The van der Waals surface area contributed by atoms with Gasteiger partial charge in [-0.2, -0.15) is 5.10 Å². The van der Waals surface area contributed by atoms with Crippen molar-refractivity contribution < 1.29 is 9.15 Å². The van der Waals surface area contributed by atoms with Gasteiger partial charge >= 0.3 is 0 Å². The van der Waals surface area contributed by atoms with Crippen LogP contribution in [0.25, 0.3) is 0 Å². The molecule has 4 heterocycles. The average Bonchev–Trinajstić information content (AvgIpc) is 3.31. The van der Waals surface area contributed by atoms with E-state index in [4.69, 9.17) is 9.15 Å². The highest BCUT2D eigenvalue weighted by atomic mass is 16.5. The molecule has 2 aromatic rings. The summed E-state index contributed by atoms with van der Waals surface area (Å²) in [5.41, 5.74) is 1.31. The van der Waals surface area contributed by atoms with Gasteiger partial charge in [0.25, 0.3) is 0 Å². The fourth-order valence-corrected chi connectivity index (χ4v) is 4.29. The van der Waals surface area contributed by atoms with Crippen molar-refractivity contribution in [2.75, 3.05) is 32.8 Å². The lowest BCUT2D eigenvalue weighted by molar-refractivity contribution is 0.00754. The van der Waals surface area contributed by atoms with Gasteiger partial charge in [0, 0.05) is 45.0 Å². The first-order valence-corrected chi connectivity index (χ1v) is 9.28. The summed E-state index contributed by atoms with van der Waals surface area (Å²) in [7, 11) is 1.99. The van der Waals surface area contributed by atoms with Gasteiger partial charge in [0.2, 0.25) is 0 Å². The summed E-state index contributed by atoms with van der Waals surface area (Å²) in [4.78, 5) is 5.21. The molecule has 0 amide bonds. The molecule has 0 spiro atoms. The molecule has 2 aromatic heterocycles. The lowest BCUT2D eigenvalue weighted by atomic mass is 10.00. The molecular formula is C19H28N4O2. The van der Waals surface area contributed by atoms with E-state index in [1.165, 1.54) is 12.0 Å². The molecule has 0 bridgehead atoms. The van der Waals surface area contributed by atoms with E-state index in [0.29, 0.717) is 12.1 Å². The molecule has 6 nitrogen and oxygen atoms in total. The minimum absolute atomic E-state index is 0.493. The summed E-state index contributed by atoms with van der Waals surface area (Å²) < 4.78 is 13.3. The maximum atomic E-state index is 5.84. The molecule has 0 N–H and O–H groups in total. The monoisotopic (exact) mass is 344 g/mol. The van der Waals surface area contributed by atoms with Crippen LogP contribution in [-0.4, -0.2) is 64.5 Å². The van der Waals surface area contributed by atoms with Crippen LogP contribution in [0.5, 0.6) is 0 Å². The van der Waals surface area contributed by atoms with E-state index in [1.54, 1.807) is 0 Å². The number of nitrogens with zero attached hydrogens (tertiary/aromatic N) is 4. The van der Waals surface area contributed by atoms with Gasteiger partial charge in [0.05, 0.1) is 26.0 Å². The topological polar surface area (TPSA) is 46.7 Å². The van der Waals surface area contributed by atoms with E-state index in [-0.39, 0.29) is 0 Å². The number of morpholine rings is 1. The molecule has 25 heavy (non-hydrogen) atoms. The lowest BCUT2D eigenvalue weighted by Crippen LogP contribution is -2.50. The number of hydrogen-bond donors (Lipinski definition) is 0. The number of rotatable bonds is 5. The third kappa shape index (κ3) is 3.81. The normalized spacial score (nSPS) is 25.7. The molecule has 0 unspecified atom stereocenters. The third-order valence-electron chi connectivity index (χ3n) is 5.50. The van der Waals surface area contributed by atoms with Crippen LogP contribution in [0, 0.1) is 6.92 Å². The number of hydrogen-bond acceptors (Lipinski definition) is 5. The highest BCUT2D eigenvalue weighted by Crippen LogP contribution is 2.28. The maximum absolute atomic E-state index is 5.84. The van der Waals surface area contributed by atoms with E-state index in [0.717, 1.165) is 57.3 Å². The van der Waals surface area contributed by atoms with Crippen molar-refractivity contribution in [3.8, 4) is 0 Å². The summed E-state index contributed by atoms with van der Waals surface area (Å²) in [6.45, 7) is 7.81. The minimum atomic E-state index is 0.493. The van der Waals surface area contributed by atoms with Crippen LogP contribution in [0.4, 0.5) is 0 Å². The molecule has 2 fully saturated rings. The van der Waals surface area contributed by atoms with Crippen molar-refractivity contribution in [2.45, 2.75) is 38.4 Å². The van der Waals surface area contributed by atoms with Crippen LogP contribution in [0.2, 0.25) is 0 Å². The molecule has 0 aromatic carbocycles. The molecular weight excluding hydrogens is 316 g/mol. The number of ether oxygens (including phenoxy) is 1. The molecule has 136 valence electrons. The summed E-state index contributed by atoms with van der Waals surface area (Å²) in [5, 5.41) is 4.35. The predicted octanol–water partition coefficient (Wildman–Crippen LogP) is 1.84. The fourth-order valence-electron chi connectivity index (χ4n) is 4.29. The number of aromatic nitrogens is 2. The Morgan fingerprint density at radius 2 is 2.04 bits per heavy atom. The number of aryl methyl sites for hydroxylation is 2. The van der Waals surface area contributed by atoms with E-state index < -0.39 is 0 Å². The first kappa shape index (κ1) is 16.8. The standard InChI is InChI=1S/C19H28N4O2/c1-15-3-4-17(25-15)14-23-6-5-18(22-7-9-24-10-8-22)19(23)11-16-12-20-21(2)13-16/h3-4,12-13,18-19H,5-11,14H2,1-2H3/t18-,19-/m1/s1. The molecule has 2 saturated heterocycles. The van der Waals surface area contributed by atoms with Gasteiger partial charge in [-0.15, -0.1) is 0 Å². The average molecular weight is 344 g/mol. The summed E-state index contributed by atoms with van der Waals surface area (Å²) >= 11 is 0. The van der Waals surface area contributed by atoms with Gasteiger partial charge in [0.15, 0.2) is 0 Å². The van der Waals surface area contributed by atoms with Crippen LogP contribution in [0.15, 0.2) is 28.9 Å². The van der Waals surface area contributed by atoms with Crippen LogP contribution in [-0.2, 0) is 24.8 Å². The van der Waals surface area contributed by atoms with E-state index in [9.17, 15) is 0 Å². The molecule has 2 aliphatic heterocycles. The highest BCUT2D eigenvalue weighted by molar-refractivity contribution is 5.11. The van der Waals surface area contributed by atoms with Crippen molar-refractivity contribution in [2.24, 2.45) is 7.05 Å². The first-order chi connectivity index (χ1) is 12.2. The molecule has 2 aliphatic rings. The quantitative estimate of drug-likeness (QED) is 0.828. The minimum Gasteiger partial charge on any atom is -0.465 e. The summed E-state index contributed by atoms with van der Waals surface area (Å²) in [6, 6.07) is 5.24. The van der Waals surface area contributed by atoms with Crippen molar-refractivity contribution in [1.29, 1.82) is 0 Å². The van der Waals surface area contributed by atoms with Crippen molar-refractivity contribution in [3.63, 3.8) is 0 Å². The van der Waals surface area contributed by atoms with Gasteiger partial charge in [-0.1, -0.05) is 0 Å². The Hall–Kier alpha value is -1.63. The largest absolute Gasteiger partial charge is 0.465 e. The zero-order valence-corrected chi connectivity index (χ0v) is 15.2. The van der Waals surface area contributed by atoms with Gasteiger partial charge in [-0.05, 0) is 37.5 Å². The Bertz CT molecular complexity index is 689. The Labute approximate surface area is 149 Å². The van der Waals surface area contributed by atoms with Crippen molar-refractivity contribution in [3.05, 3.63) is 41.6 Å². The van der Waals surface area contributed by atoms with E-state index in [2.05, 4.69) is 33.2 Å². The Balaban J connectivity index is 1.52. The van der Waals surface area contributed by atoms with Crippen molar-refractivity contribution in [1.82, 2.24) is 19.6 Å². The number of furan rings is 1. The van der Waals surface area contributed by atoms with E-state index >= 15 is 0 Å². The predicted molar refractivity (Wildman–Crippen MR) is 95.4 cm³/mol. The second-order valence-corrected chi connectivity index (χ2v) is 7.28. The third-order valence-corrected chi connectivity index (χ3v) is 5.50. The van der Waals surface area contributed by atoms with Crippen LogP contribution < -0.4 is 0 Å². The van der Waals surface area contributed by atoms with E-state index in [1.807, 2.05) is 24.9 Å². The first-order valence-electron chi connectivity index (χ1n) is 9.28. The number of likely N-dealkylation sites (tertiary alicyclic amines) is 1. The van der Waals surface area contributed by atoms with Crippen LogP contribution in [0.3, 0.4) is 0 Å². The molecule has 4 rings (SSSR count). The molecule has 0 saturated carbocycles. The van der Waals surface area contributed by atoms with Gasteiger partial charge in [-0.25, -0.2) is 0 Å². The summed E-state index contributed by atoms with van der Waals surface area (Å²) in [6.07, 6.45) is 6.40. The zero-order valence-electron chi connectivity index (χ0n) is 15.2. The Morgan fingerprint density at radius 1 is 1.20 bits per heavy atom. The van der Waals surface area contributed by atoms with Crippen molar-refractivity contribution >= 4 is 0 Å². The Morgan fingerprint density at radius 3 is 2.72 bits per heavy atom. The summed E-state index contributed by atoms with van der Waals surface area (Å²) in [5.74, 6) is 2.05. The van der Waals surface area contributed by atoms with Gasteiger partial charge < -0.3 is 9.15 Å². The maximum Gasteiger partial charge on any atom is 0.118 e.